The van der Waals surface area contributed by atoms with Gasteiger partial charge in [0.25, 0.3) is 5.91 Å². The molecule has 2 atom stereocenters. The summed E-state index contributed by atoms with van der Waals surface area (Å²) in [6.07, 6.45) is 6.95. The summed E-state index contributed by atoms with van der Waals surface area (Å²) in [4.78, 5) is 11.6. The molecule has 5 heteroatoms. The normalized spacial score (nSPS) is 28.5. The van der Waals surface area contributed by atoms with E-state index in [-0.39, 0.29) is 5.91 Å². The summed E-state index contributed by atoms with van der Waals surface area (Å²) in [7, 11) is 0. The minimum absolute atomic E-state index is 0.118. The number of rotatable bonds is 4. The first-order valence-corrected chi connectivity index (χ1v) is 5.98. The van der Waals surface area contributed by atoms with Crippen molar-refractivity contribution in [2.75, 3.05) is 6.54 Å². The summed E-state index contributed by atoms with van der Waals surface area (Å²) < 4.78 is 0. The van der Waals surface area contributed by atoms with Crippen molar-refractivity contribution in [2.24, 2.45) is 17.8 Å². The summed E-state index contributed by atoms with van der Waals surface area (Å²) in [5, 5.41) is 12.7. The minimum atomic E-state index is -0.118. The molecule has 0 saturated heterocycles. The molecule has 86 valence electrons. The zero-order chi connectivity index (χ0) is 11.0. The van der Waals surface area contributed by atoms with Gasteiger partial charge in [0.1, 0.15) is 0 Å². The van der Waals surface area contributed by atoms with E-state index in [0.29, 0.717) is 11.6 Å². The number of H-pyrrole nitrogens is 1. The van der Waals surface area contributed by atoms with Gasteiger partial charge in [-0.25, -0.2) is 0 Å². The van der Waals surface area contributed by atoms with Crippen molar-refractivity contribution in [1.29, 1.82) is 0 Å². The Morgan fingerprint density at radius 3 is 3.06 bits per heavy atom. The highest BCUT2D eigenvalue weighted by Crippen LogP contribution is 2.51. The van der Waals surface area contributed by atoms with Gasteiger partial charge in [-0.3, -0.25) is 4.79 Å². The lowest BCUT2D eigenvalue weighted by atomic mass is 9.81. The standard InChI is InChI=1S/C11H16N4O/c16-11(10-6-13-15-14-10)12-5-8-4-9(8)7-2-1-3-7/h6-9H,1-5H2,(H,12,16)(H,13,14,15)/t8-,9-/m0/s1. The van der Waals surface area contributed by atoms with Crippen LogP contribution in [0.2, 0.25) is 0 Å². The van der Waals surface area contributed by atoms with Gasteiger partial charge < -0.3 is 5.32 Å². The Balaban J connectivity index is 1.42. The fourth-order valence-corrected chi connectivity index (χ4v) is 2.58. The van der Waals surface area contributed by atoms with Crippen LogP contribution < -0.4 is 5.32 Å². The third-order valence-corrected chi connectivity index (χ3v) is 3.91. The van der Waals surface area contributed by atoms with Crippen LogP contribution in [0, 0.1) is 17.8 Å². The van der Waals surface area contributed by atoms with Crippen LogP contribution in [0.3, 0.4) is 0 Å². The van der Waals surface area contributed by atoms with Crippen molar-refractivity contribution in [3.8, 4) is 0 Å². The van der Waals surface area contributed by atoms with Crippen LogP contribution in [0.1, 0.15) is 36.2 Å². The molecular weight excluding hydrogens is 204 g/mol. The van der Waals surface area contributed by atoms with Crippen molar-refractivity contribution in [1.82, 2.24) is 20.7 Å². The van der Waals surface area contributed by atoms with Crippen molar-refractivity contribution in [3.63, 3.8) is 0 Å². The lowest BCUT2D eigenvalue weighted by Gasteiger charge is -2.25. The molecule has 1 aromatic heterocycles. The fourth-order valence-electron chi connectivity index (χ4n) is 2.58. The molecule has 0 unspecified atom stereocenters. The lowest BCUT2D eigenvalue weighted by molar-refractivity contribution is 0.0945. The van der Waals surface area contributed by atoms with E-state index in [1.54, 1.807) is 0 Å². The predicted molar refractivity (Wildman–Crippen MR) is 57.7 cm³/mol. The second-order valence-corrected chi connectivity index (χ2v) is 4.92. The fraction of sp³-hybridized carbons (Fsp3) is 0.727. The largest absolute Gasteiger partial charge is 0.350 e. The maximum Gasteiger partial charge on any atom is 0.273 e. The van der Waals surface area contributed by atoms with Gasteiger partial charge >= 0.3 is 0 Å². The van der Waals surface area contributed by atoms with Gasteiger partial charge in [-0.05, 0) is 24.2 Å². The molecule has 3 rings (SSSR count). The predicted octanol–water partition coefficient (Wildman–Crippen LogP) is 0.971. The zero-order valence-corrected chi connectivity index (χ0v) is 9.15. The second-order valence-electron chi connectivity index (χ2n) is 4.92. The summed E-state index contributed by atoms with van der Waals surface area (Å²) in [5.41, 5.74) is 0.376. The summed E-state index contributed by atoms with van der Waals surface area (Å²) in [5.74, 6) is 2.43. The zero-order valence-electron chi connectivity index (χ0n) is 9.15. The Hall–Kier alpha value is -1.39. The third kappa shape index (κ3) is 1.81. The molecule has 2 fully saturated rings. The Bertz CT molecular complexity index is 371. The van der Waals surface area contributed by atoms with E-state index in [1.807, 2.05) is 0 Å². The number of hydrogen-bond donors (Lipinski definition) is 2. The number of aromatic amines is 1. The molecule has 0 spiro atoms. The molecule has 0 aliphatic heterocycles. The Morgan fingerprint density at radius 1 is 1.56 bits per heavy atom. The van der Waals surface area contributed by atoms with Crippen LogP contribution in [0.15, 0.2) is 6.20 Å². The van der Waals surface area contributed by atoms with Crippen molar-refractivity contribution in [3.05, 3.63) is 11.9 Å². The van der Waals surface area contributed by atoms with Crippen molar-refractivity contribution >= 4 is 5.91 Å². The molecule has 1 heterocycles. The van der Waals surface area contributed by atoms with Gasteiger partial charge in [-0.15, -0.1) is 0 Å². The lowest BCUT2D eigenvalue weighted by Crippen LogP contribution is -2.27. The van der Waals surface area contributed by atoms with E-state index in [4.69, 9.17) is 0 Å². The van der Waals surface area contributed by atoms with E-state index in [9.17, 15) is 4.79 Å². The first kappa shape index (κ1) is 9.81. The van der Waals surface area contributed by atoms with Gasteiger partial charge in [0, 0.05) is 6.54 Å². The highest BCUT2D eigenvalue weighted by molar-refractivity contribution is 5.91. The van der Waals surface area contributed by atoms with Gasteiger partial charge in [0.15, 0.2) is 5.69 Å². The highest BCUT2D eigenvalue weighted by atomic mass is 16.1. The molecule has 0 aromatic carbocycles. The molecular formula is C11H16N4O. The molecule has 2 aliphatic carbocycles. The summed E-state index contributed by atoms with van der Waals surface area (Å²) in [6.45, 7) is 0.798. The van der Waals surface area contributed by atoms with E-state index >= 15 is 0 Å². The van der Waals surface area contributed by atoms with Crippen molar-refractivity contribution in [2.45, 2.75) is 25.7 Å². The molecule has 2 saturated carbocycles. The molecule has 0 bridgehead atoms. The number of nitrogens with one attached hydrogen (secondary N) is 2. The third-order valence-electron chi connectivity index (χ3n) is 3.91. The number of hydrogen-bond acceptors (Lipinski definition) is 3. The van der Waals surface area contributed by atoms with E-state index in [2.05, 4.69) is 20.7 Å². The number of amides is 1. The molecule has 2 aliphatic rings. The summed E-state index contributed by atoms with van der Waals surface area (Å²) >= 11 is 0. The number of aromatic nitrogens is 3. The molecule has 1 aromatic rings. The number of carbonyl (C=O) groups excluding carboxylic acids is 1. The van der Waals surface area contributed by atoms with E-state index < -0.39 is 0 Å². The van der Waals surface area contributed by atoms with E-state index in [1.165, 1.54) is 31.9 Å². The maximum atomic E-state index is 11.6. The van der Waals surface area contributed by atoms with Crippen LogP contribution >= 0.6 is 0 Å². The molecule has 5 nitrogen and oxygen atoms in total. The number of nitrogens with zero attached hydrogens (tertiary/aromatic N) is 2. The van der Waals surface area contributed by atoms with Crippen LogP contribution in [-0.2, 0) is 0 Å². The molecule has 1 amide bonds. The number of carbonyl (C=O) groups is 1. The SMILES string of the molecule is O=C(NC[C@@H]1C[C@H]1C1CCC1)c1cn[nH]n1. The quantitative estimate of drug-likeness (QED) is 0.794. The van der Waals surface area contributed by atoms with Gasteiger partial charge in [0.05, 0.1) is 6.20 Å². The van der Waals surface area contributed by atoms with Crippen LogP contribution in [-0.4, -0.2) is 27.9 Å². The molecule has 2 N–H and O–H groups in total. The first-order chi connectivity index (χ1) is 7.84. The van der Waals surface area contributed by atoms with Crippen LogP contribution in [0.4, 0.5) is 0 Å². The van der Waals surface area contributed by atoms with Crippen LogP contribution in [0.5, 0.6) is 0 Å². The monoisotopic (exact) mass is 220 g/mol. The molecule has 16 heavy (non-hydrogen) atoms. The summed E-state index contributed by atoms with van der Waals surface area (Å²) in [6, 6.07) is 0. The van der Waals surface area contributed by atoms with Gasteiger partial charge in [-0.2, -0.15) is 15.4 Å². The first-order valence-electron chi connectivity index (χ1n) is 5.98. The minimum Gasteiger partial charge on any atom is -0.350 e. The smallest absolute Gasteiger partial charge is 0.273 e. The van der Waals surface area contributed by atoms with Gasteiger partial charge in [0.2, 0.25) is 0 Å². The second kappa shape index (κ2) is 3.88. The average Bonchev–Trinajstić information content (AvgIpc) is 2.77. The van der Waals surface area contributed by atoms with Gasteiger partial charge in [-0.1, -0.05) is 19.3 Å². The Labute approximate surface area is 94.0 Å². The average molecular weight is 220 g/mol. The van der Waals surface area contributed by atoms with Crippen molar-refractivity contribution < 1.29 is 4.79 Å². The van der Waals surface area contributed by atoms with E-state index in [0.717, 1.165) is 18.4 Å². The topological polar surface area (TPSA) is 70.7 Å². The molecule has 0 radical (unpaired) electrons. The van der Waals surface area contributed by atoms with Crippen LogP contribution in [0.25, 0.3) is 0 Å². The Morgan fingerprint density at radius 2 is 2.44 bits per heavy atom. The Kier molecular flexibility index (Phi) is 2.38. The highest BCUT2D eigenvalue weighted by Gasteiger charge is 2.44. The maximum absolute atomic E-state index is 11.6.